The molecule has 0 amide bonds. The molecule has 5 heteroatoms. The summed E-state index contributed by atoms with van der Waals surface area (Å²) in [6, 6.07) is 10.5. The molecule has 0 fully saturated rings. The van der Waals surface area contributed by atoms with E-state index in [1.54, 1.807) is 0 Å². The zero-order chi connectivity index (χ0) is 18.1. The van der Waals surface area contributed by atoms with Gasteiger partial charge in [0, 0.05) is 40.9 Å². The fourth-order valence-corrected chi connectivity index (χ4v) is 4.78. The van der Waals surface area contributed by atoms with Gasteiger partial charge >= 0.3 is 0 Å². The Morgan fingerprint density at radius 3 is 2.92 bits per heavy atom. The highest BCUT2D eigenvalue weighted by atomic mass is 35.5. The minimum atomic E-state index is -0.383. The molecule has 2 aromatic heterocycles. The predicted molar refractivity (Wildman–Crippen MR) is 103 cm³/mol. The number of halogens is 1. The van der Waals surface area contributed by atoms with E-state index in [9.17, 15) is 0 Å². The van der Waals surface area contributed by atoms with Crippen LogP contribution in [0.1, 0.15) is 35.5 Å². The molecule has 2 aliphatic rings. The van der Waals surface area contributed by atoms with Crippen LogP contribution in [0.25, 0.3) is 10.9 Å². The largest absolute Gasteiger partial charge is 0.358 e. The summed E-state index contributed by atoms with van der Waals surface area (Å²) in [5.74, 6) is 0. The lowest BCUT2D eigenvalue weighted by Crippen LogP contribution is -2.44. The van der Waals surface area contributed by atoms with Gasteiger partial charge in [0.1, 0.15) is 11.7 Å². The number of likely N-dealkylation sites (N-methyl/N-ethyl adjacent to an activating group) is 1. The third-order valence-corrected chi connectivity index (χ3v) is 5.99. The van der Waals surface area contributed by atoms with Crippen LogP contribution in [0.2, 0.25) is 5.02 Å². The Morgan fingerprint density at radius 2 is 2.12 bits per heavy atom. The SMILES string of the molecule is Cc1cc(C2(C)Cn3c4c(c5cc(Cl)ccc53)CN(C)CC4O2)ccn1. The maximum atomic E-state index is 6.73. The molecule has 3 aromatic rings. The highest BCUT2D eigenvalue weighted by Gasteiger charge is 2.42. The number of benzene rings is 1. The van der Waals surface area contributed by atoms with Crippen molar-refractivity contribution >= 4 is 22.5 Å². The van der Waals surface area contributed by atoms with Gasteiger partial charge in [-0.2, -0.15) is 0 Å². The van der Waals surface area contributed by atoms with Gasteiger partial charge in [-0.1, -0.05) is 11.6 Å². The standard InChI is InChI=1S/C21H22ClN3O/c1-13-8-14(6-7-23-13)21(2)12-25-18-5-4-15(22)9-16(18)17-10-24(3)11-19(26-21)20(17)25/h4-9,19H,10-12H2,1-3H3. The first-order valence-corrected chi connectivity index (χ1v) is 9.42. The van der Waals surface area contributed by atoms with E-state index >= 15 is 0 Å². The Labute approximate surface area is 158 Å². The molecule has 5 rings (SSSR count). The van der Waals surface area contributed by atoms with Gasteiger partial charge in [0.2, 0.25) is 0 Å². The summed E-state index contributed by atoms with van der Waals surface area (Å²) in [5.41, 5.74) is 5.75. The summed E-state index contributed by atoms with van der Waals surface area (Å²) in [4.78, 5) is 6.69. The lowest BCUT2D eigenvalue weighted by Gasteiger charge is -2.44. The molecule has 26 heavy (non-hydrogen) atoms. The van der Waals surface area contributed by atoms with E-state index in [4.69, 9.17) is 16.3 Å². The number of fused-ring (bicyclic) bond motifs is 3. The van der Waals surface area contributed by atoms with Crippen LogP contribution in [0.4, 0.5) is 0 Å². The fourth-order valence-electron chi connectivity index (χ4n) is 4.60. The van der Waals surface area contributed by atoms with Crippen molar-refractivity contribution in [2.75, 3.05) is 13.6 Å². The van der Waals surface area contributed by atoms with E-state index in [2.05, 4.69) is 52.7 Å². The monoisotopic (exact) mass is 367 g/mol. The second-order valence-corrected chi connectivity index (χ2v) is 8.27. The van der Waals surface area contributed by atoms with Crippen LogP contribution >= 0.6 is 11.6 Å². The number of aromatic nitrogens is 2. The van der Waals surface area contributed by atoms with Crippen molar-refractivity contribution in [3.05, 3.63) is 64.1 Å². The third kappa shape index (κ3) is 2.33. The van der Waals surface area contributed by atoms with Crippen LogP contribution in [-0.4, -0.2) is 28.0 Å². The number of aryl methyl sites for hydroxylation is 1. The Balaban J connectivity index is 1.74. The van der Waals surface area contributed by atoms with Gasteiger partial charge in [0.15, 0.2) is 0 Å². The van der Waals surface area contributed by atoms with Gasteiger partial charge in [-0.15, -0.1) is 0 Å². The van der Waals surface area contributed by atoms with Crippen LogP contribution < -0.4 is 0 Å². The molecule has 0 saturated carbocycles. The first-order chi connectivity index (χ1) is 12.4. The second-order valence-electron chi connectivity index (χ2n) is 7.83. The number of hydrogen-bond donors (Lipinski definition) is 0. The predicted octanol–water partition coefficient (Wildman–Crippen LogP) is 4.43. The molecule has 0 radical (unpaired) electrons. The van der Waals surface area contributed by atoms with Crippen LogP contribution in [0.15, 0.2) is 36.5 Å². The maximum absolute atomic E-state index is 6.73. The van der Waals surface area contributed by atoms with Crippen LogP contribution in [0.5, 0.6) is 0 Å². The quantitative estimate of drug-likeness (QED) is 0.637. The van der Waals surface area contributed by atoms with Crippen LogP contribution in [-0.2, 0) is 23.4 Å². The number of pyridine rings is 1. The zero-order valence-corrected chi connectivity index (χ0v) is 16.0. The summed E-state index contributed by atoms with van der Waals surface area (Å²) in [6.07, 6.45) is 1.93. The Hall–Kier alpha value is -1.88. The van der Waals surface area contributed by atoms with E-state index < -0.39 is 0 Å². The van der Waals surface area contributed by atoms with Gasteiger partial charge in [0.05, 0.1) is 12.2 Å². The molecule has 2 atom stereocenters. The maximum Gasteiger partial charge on any atom is 0.112 e. The Morgan fingerprint density at radius 1 is 1.27 bits per heavy atom. The summed E-state index contributed by atoms with van der Waals surface area (Å²) >= 11 is 6.31. The van der Waals surface area contributed by atoms with Crippen molar-refractivity contribution in [3.8, 4) is 0 Å². The van der Waals surface area contributed by atoms with E-state index in [1.165, 1.54) is 27.7 Å². The normalized spacial score (nSPS) is 25.5. The molecule has 2 aliphatic heterocycles. The summed E-state index contributed by atoms with van der Waals surface area (Å²) < 4.78 is 9.19. The molecule has 134 valence electrons. The molecule has 4 nitrogen and oxygen atoms in total. The fraction of sp³-hybridized carbons (Fsp3) is 0.381. The minimum Gasteiger partial charge on any atom is -0.358 e. The van der Waals surface area contributed by atoms with E-state index in [0.29, 0.717) is 0 Å². The highest BCUT2D eigenvalue weighted by molar-refractivity contribution is 6.31. The average molecular weight is 368 g/mol. The smallest absolute Gasteiger partial charge is 0.112 e. The van der Waals surface area contributed by atoms with Gasteiger partial charge in [-0.25, -0.2) is 0 Å². The summed E-state index contributed by atoms with van der Waals surface area (Å²) in [5, 5.41) is 2.04. The molecule has 0 saturated heterocycles. The van der Waals surface area contributed by atoms with Crippen molar-refractivity contribution in [1.29, 1.82) is 0 Å². The lowest BCUT2D eigenvalue weighted by atomic mass is 9.92. The first kappa shape index (κ1) is 16.3. The van der Waals surface area contributed by atoms with Crippen LogP contribution in [0, 0.1) is 6.92 Å². The molecule has 0 aliphatic carbocycles. The average Bonchev–Trinajstić information content (AvgIpc) is 2.88. The molecule has 1 aromatic carbocycles. The molecule has 2 unspecified atom stereocenters. The molecule has 4 heterocycles. The van der Waals surface area contributed by atoms with Gasteiger partial charge < -0.3 is 9.30 Å². The molecule has 0 N–H and O–H groups in total. The highest BCUT2D eigenvalue weighted by Crippen LogP contribution is 2.46. The van der Waals surface area contributed by atoms with E-state index in [1.807, 2.05) is 19.2 Å². The van der Waals surface area contributed by atoms with Crippen molar-refractivity contribution in [2.24, 2.45) is 0 Å². The van der Waals surface area contributed by atoms with E-state index in [0.717, 1.165) is 30.4 Å². The second kappa shape index (κ2) is 5.56. The third-order valence-electron chi connectivity index (χ3n) is 5.75. The number of ether oxygens (including phenoxy) is 1. The van der Waals surface area contributed by atoms with Crippen molar-refractivity contribution in [2.45, 2.75) is 38.6 Å². The molecular weight excluding hydrogens is 346 g/mol. The Bertz CT molecular complexity index is 1030. The Kier molecular flexibility index (Phi) is 3.48. The van der Waals surface area contributed by atoms with Crippen molar-refractivity contribution in [1.82, 2.24) is 14.5 Å². The van der Waals surface area contributed by atoms with Crippen molar-refractivity contribution in [3.63, 3.8) is 0 Å². The van der Waals surface area contributed by atoms with Gasteiger partial charge in [-0.3, -0.25) is 9.88 Å². The zero-order valence-electron chi connectivity index (χ0n) is 15.3. The van der Waals surface area contributed by atoms with Gasteiger partial charge in [-0.05, 0) is 62.4 Å². The number of hydrogen-bond acceptors (Lipinski definition) is 3. The summed E-state index contributed by atoms with van der Waals surface area (Å²) in [7, 11) is 2.16. The first-order valence-electron chi connectivity index (χ1n) is 9.05. The van der Waals surface area contributed by atoms with Crippen LogP contribution in [0.3, 0.4) is 0 Å². The topological polar surface area (TPSA) is 30.3 Å². The minimum absolute atomic E-state index is 0.0575. The number of nitrogens with zero attached hydrogens (tertiary/aromatic N) is 3. The number of rotatable bonds is 1. The molecular formula is C21H22ClN3O. The van der Waals surface area contributed by atoms with Crippen molar-refractivity contribution < 1.29 is 4.74 Å². The molecule has 0 bridgehead atoms. The van der Waals surface area contributed by atoms with Gasteiger partial charge in [0.25, 0.3) is 0 Å². The lowest BCUT2D eigenvalue weighted by molar-refractivity contribution is -0.133. The molecule has 0 spiro atoms. The summed E-state index contributed by atoms with van der Waals surface area (Å²) in [6.45, 7) is 6.85. The van der Waals surface area contributed by atoms with E-state index in [-0.39, 0.29) is 11.7 Å².